The summed E-state index contributed by atoms with van der Waals surface area (Å²) in [5.41, 5.74) is 2.01. The normalized spacial score (nSPS) is 11.7. The fourth-order valence-corrected chi connectivity index (χ4v) is 2.12. The number of anilines is 1. The molecule has 2 aromatic carbocycles. The molecule has 0 bridgehead atoms. The highest BCUT2D eigenvalue weighted by Crippen LogP contribution is 2.15. The highest BCUT2D eigenvalue weighted by atomic mass is 16.6. The third-order valence-corrected chi connectivity index (χ3v) is 3.45. The molecule has 0 saturated carbocycles. The maximum Gasteiger partial charge on any atom is 0.414 e. The molecule has 2 aromatic rings. The number of rotatable bonds is 5. The van der Waals surface area contributed by atoms with E-state index in [-0.39, 0.29) is 12.2 Å². The molecule has 110 valence electrons. The van der Waals surface area contributed by atoms with Gasteiger partial charge in [0.05, 0.1) is 0 Å². The van der Waals surface area contributed by atoms with E-state index < -0.39 is 0 Å². The molecular formula is C18H21NO2. The predicted octanol–water partition coefficient (Wildman–Crippen LogP) is 4.28. The van der Waals surface area contributed by atoms with Gasteiger partial charge >= 0.3 is 6.09 Å². The van der Waals surface area contributed by atoms with Gasteiger partial charge in [-0.2, -0.15) is 0 Å². The summed E-state index contributed by atoms with van der Waals surface area (Å²) >= 11 is 0. The fraction of sp³-hybridized carbons (Fsp3) is 0.278. The number of nitrogens with zero attached hydrogens (tertiary/aromatic N) is 1. The maximum atomic E-state index is 12.2. The molecular weight excluding hydrogens is 262 g/mol. The fourth-order valence-electron chi connectivity index (χ4n) is 2.12. The van der Waals surface area contributed by atoms with E-state index in [0.717, 1.165) is 18.5 Å². The van der Waals surface area contributed by atoms with Crippen LogP contribution in [0.1, 0.15) is 18.9 Å². The summed E-state index contributed by atoms with van der Waals surface area (Å²) in [6, 6.07) is 19.6. The molecule has 3 heteroatoms. The molecule has 21 heavy (non-hydrogen) atoms. The Kier molecular flexibility index (Phi) is 5.38. The lowest BCUT2D eigenvalue weighted by molar-refractivity contribution is 0.103. The van der Waals surface area contributed by atoms with Crippen LogP contribution in [0.25, 0.3) is 0 Å². The molecule has 0 aliphatic heterocycles. The number of para-hydroxylation sites is 1. The molecule has 1 atom stereocenters. The number of ether oxygens (including phenoxy) is 1. The Hall–Kier alpha value is -2.29. The Morgan fingerprint density at radius 3 is 2.19 bits per heavy atom. The third kappa shape index (κ3) is 4.35. The van der Waals surface area contributed by atoms with Crippen LogP contribution in [-0.2, 0) is 11.2 Å². The molecule has 0 heterocycles. The monoisotopic (exact) mass is 283 g/mol. The zero-order valence-electron chi connectivity index (χ0n) is 12.5. The second-order valence-corrected chi connectivity index (χ2v) is 5.00. The highest BCUT2D eigenvalue weighted by molar-refractivity contribution is 5.86. The van der Waals surface area contributed by atoms with Gasteiger partial charge in [-0.3, -0.25) is 4.90 Å². The van der Waals surface area contributed by atoms with Gasteiger partial charge < -0.3 is 4.74 Å². The van der Waals surface area contributed by atoms with Crippen molar-refractivity contribution in [1.29, 1.82) is 0 Å². The van der Waals surface area contributed by atoms with E-state index >= 15 is 0 Å². The van der Waals surface area contributed by atoms with Crippen molar-refractivity contribution in [3.63, 3.8) is 0 Å². The minimum atomic E-state index is -0.316. The molecule has 0 spiro atoms. The minimum absolute atomic E-state index is 0.105. The lowest BCUT2D eigenvalue weighted by Gasteiger charge is -2.22. The van der Waals surface area contributed by atoms with Crippen LogP contribution in [0.5, 0.6) is 0 Å². The van der Waals surface area contributed by atoms with Gasteiger partial charge in [-0.25, -0.2) is 4.79 Å². The van der Waals surface area contributed by atoms with Gasteiger partial charge in [0.15, 0.2) is 0 Å². The average molecular weight is 283 g/mol. The molecule has 0 fully saturated rings. The van der Waals surface area contributed by atoms with Crippen LogP contribution in [0.15, 0.2) is 60.7 Å². The third-order valence-electron chi connectivity index (χ3n) is 3.45. The molecule has 3 nitrogen and oxygen atoms in total. The van der Waals surface area contributed by atoms with Crippen LogP contribution in [-0.4, -0.2) is 19.2 Å². The number of amides is 1. The molecule has 0 radical (unpaired) electrons. The SMILES string of the molecule is CC[C@@H](Cc1ccccc1)OC(=O)N(C)c1ccccc1. The molecule has 0 aliphatic rings. The van der Waals surface area contributed by atoms with Crippen LogP contribution in [0.2, 0.25) is 0 Å². The summed E-state index contributed by atoms with van der Waals surface area (Å²) in [6.07, 6.45) is 1.12. The van der Waals surface area contributed by atoms with E-state index in [4.69, 9.17) is 4.74 Å². The van der Waals surface area contributed by atoms with Gasteiger partial charge in [0.1, 0.15) is 6.10 Å². The van der Waals surface area contributed by atoms with Crippen LogP contribution in [0, 0.1) is 0 Å². The lowest BCUT2D eigenvalue weighted by Crippen LogP contribution is -2.31. The number of benzene rings is 2. The summed E-state index contributed by atoms with van der Waals surface area (Å²) in [6.45, 7) is 2.03. The van der Waals surface area contributed by atoms with Crippen molar-refractivity contribution in [2.45, 2.75) is 25.9 Å². The summed E-state index contributed by atoms with van der Waals surface area (Å²) in [4.78, 5) is 13.7. The zero-order chi connectivity index (χ0) is 15.1. The topological polar surface area (TPSA) is 29.5 Å². The Labute approximate surface area is 126 Å². The Morgan fingerprint density at radius 1 is 1.05 bits per heavy atom. The molecule has 0 aliphatic carbocycles. The van der Waals surface area contributed by atoms with E-state index in [2.05, 4.69) is 12.1 Å². The quantitative estimate of drug-likeness (QED) is 0.819. The second-order valence-electron chi connectivity index (χ2n) is 5.00. The summed E-state index contributed by atoms with van der Waals surface area (Å²) in [5.74, 6) is 0. The number of carbonyl (C=O) groups excluding carboxylic acids is 1. The van der Waals surface area contributed by atoms with Crippen molar-refractivity contribution in [3.05, 3.63) is 66.2 Å². The first-order valence-corrected chi connectivity index (χ1v) is 7.24. The molecule has 0 N–H and O–H groups in total. The van der Waals surface area contributed by atoms with E-state index in [9.17, 15) is 4.79 Å². The maximum absolute atomic E-state index is 12.2. The Morgan fingerprint density at radius 2 is 1.62 bits per heavy atom. The lowest BCUT2D eigenvalue weighted by atomic mass is 10.1. The average Bonchev–Trinajstić information content (AvgIpc) is 2.55. The number of hydrogen-bond donors (Lipinski definition) is 0. The van der Waals surface area contributed by atoms with Gasteiger partial charge in [-0.15, -0.1) is 0 Å². The Balaban J connectivity index is 1.96. The van der Waals surface area contributed by atoms with Crippen LogP contribution >= 0.6 is 0 Å². The number of hydrogen-bond acceptors (Lipinski definition) is 2. The van der Waals surface area contributed by atoms with Gasteiger partial charge in [0.25, 0.3) is 0 Å². The first-order chi connectivity index (χ1) is 10.2. The van der Waals surface area contributed by atoms with E-state index in [0.29, 0.717) is 0 Å². The van der Waals surface area contributed by atoms with E-state index in [1.54, 1.807) is 7.05 Å². The second kappa shape index (κ2) is 7.48. The molecule has 2 rings (SSSR count). The number of carbonyl (C=O) groups is 1. The molecule has 1 amide bonds. The van der Waals surface area contributed by atoms with Gasteiger partial charge in [-0.05, 0) is 24.1 Å². The summed E-state index contributed by atoms with van der Waals surface area (Å²) < 4.78 is 5.61. The predicted molar refractivity (Wildman–Crippen MR) is 85.6 cm³/mol. The van der Waals surface area contributed by atoms with Crippen molar-refractivity contribution in [2.24, 2.45) is 0 Å². The van der Waals surface area contributed by atoms with Crippen molar-refractivity contribution in [2.75, 3.05) is 11.9 Å². The van der Waals surface area contributed by atoms with Crippen molar-refractivity contribution in [3.8, 4) is 0 Å². The Bertz CT molecular complexity index is 554. The van der Waals surface area contributed by atoms with Gasteiger partial charge in [-0.1, -0.05) is 55.5 Å². The van der Waals surface area contributed by atoms with Crippen LogP contribution in [0.3, 0.4) is 0 Å². The molecule has 0 unspecified atom stereocenters. The first-order valence-electron chi connectivity index (χ1n) is 7.24. The summed E-state index contributed by atoms with van der Waals surface area (Å²) in [5, 5.41) is 0. The van der Waals surface area contributed by atoms with Crippen molar-refractivity contribution in [1.82, 2.24) is 0 Å². The molecule has 0 aromatic heterocycles. The standard InChI is InChI=1S/C18H21NO2/c1-3-17(14-15-10-6-4-7-11-15)21-18(20)19(2)16-12-8-5-9-13-16/h4-13,17H,3,14H2,1-2H3/t17-/m0/s1. The van der Waals surface area contributed by atoms with Gasteiger partial charge in [0.2, 0.25) is 0 Å². The largest absolute Gasteiger partial charge is 0.446 e. The van der Waals surface area contributed by atoms with Crippen molar-refractivity contribution < 1.29 is 9.53 Å². The van der Waals surface area contributed by atoms with Crippen LogP contribution < -0.4 is 4.90 Å². The van der Waals surface area contributed by atoms with E-state index in [1.807, 2.05) is 55.5 Å². The first kappa shape index (κ1) is 15.1. The molecule has 0 saturated heterocycles. The van der Waals surface area contributed by atoms with Gasteiger partial charge in [0, 0.05) is 19.2 Å². The van der Waals surface area contributed by atoms with E-state index in [1.165, 1.54) is 10.5 Å². The van der Waals surface area contributed by atoms with Crippen LogP contribution in [0.4, 0.5) is 10.5 Å². The smallest absolute Gasteiger partial charge is 0.414 e. The highest BCUT2D eigenvalue weighted by Gasteiger charge is 2.17. The van der Waals surface area contributed by atoms with Crippen molar-refractivity contribution >= 4 is 11.8 Å². The minimum Gasteiger partial charge on any atom is -0.446 e. The summed E-state index contributed by atoms with van der Waals surface area (Å²) in [7, 11) is 1.73. The zero-order valence-corrected chi connectivity index (χ0v) is 12.5.